The molecule has 0 aromatic heterocycles. The van der Waals surface area contributed by atoms with E-state index in [-0.39, 0.29) is 5.78 Å². The summed E-state index contributed by atoms with van der Waals surface area (Å²) in [6, 6.07) is 22.1. The van der Waals surface area contributed by atoms with Gasteiger partial charge in [-0.1, -0.05) is 64.5 Å². The van der Waals surface area contributed by atoms with Gasteiger partial charge in [0, 0.05) is 16.5 Å². The van der Waals surface area contributed by atoms with Crippen LogP contribution in [0.25, 0.3) is 10.8 Å². The minimum absolute atomic E-state index is 0.198. The molecule has 3 aromatic rings. The van der Waals surface area contributed by atoms with Crippen molar-refractivity contribution >= 4 is 32.5 Å². The molecule has 0 amide bonds. The molecule has 2 heteroatoms. The number of halogens is 1. The third-order valence-electron chi connectivity index (χ3n) is 3.61. The monoisotopic (exact) mass is 338 g/mol. The Morgan fingerprint density at radius 3 is 2.38 bits per heavy atom. The van der Waals surface area contributed by atoms with Crippen LogP contribution in [0.2, 0.25) is 0 Å². The van der Waals surface area contributed by atoms with E-state index in [0.717, 1.165) is 27.2 Å². The predicted octanol–water partition coefficient (Wildman–Crippen LogP) is 5.42. The number of benzene rings is 3. The van der Waals surface area contributed by atoms with Crippen molar-refractivity contribution in [3.8, 4) is 0 Å². The Morgan fingerprint density at radius 2 is 1.57 bits per heavy atom. The summed E-state index contributed by atoms with van der Waals surface area (Å²) in [5.41, 5.74) is 2.00. The molecule has 104 valence electrons. The lowest BCUT2D eigenvalue weighted by Gasteiger charge is -2.04. The van der Waals surface area contributed by atoms with Crippen molar-refractivity contribution in [2.24, 2.45) is 0 Å². The number of Topliss-reactive ketones (excluding diaryl/α,β-unsaturated/α-hetero) is 1. The number of carbonyl (C=O) groups is 1. The first kappa shape index (κ1) is 14.0. The molecular weight excluding hydrogens is 324 g/mol. The van der Waals surface area contributed by atoms with Gasteiger partial charge in [-0.05, 0) is 41.0 Å². The van der Waals surface area contributed by atoms with E-state index in [2.05, 4.69) is 34.1 Å². The SMILES string of the molecule is O=C(CCc1ccccc1)c1ccc2cc(Br)ccc2c1. The fourth-order valence-electron chi connectivity index (χ4n) is 2.44. The Bertz CT molecular complexity index is 778. The highest BCUT2D eigenvalue weighted by molar-refractivity contribution is 9.10. The fraction of sp³-hybridized carbons (Fsp3) is 0.105. The Hall–Kier alpha value is -1.93. The maximum absolute atomic E-state index is 12.3. The quantitative estimate of drug-likeness (QED) is 0.580. The topological polar surface area (TPSA) is 17.1 Å². The van der Waals surface area contributed by atoms with E-state index in [0.29, 0.717) is 6.42 Å². The summed E-state index contributed by atoms with van der Waals surface area (Å²) in [6.45, 7) is 0. The molecule has 0 aliphatic rings. The van der Waals surface area contributed by atoms with Crippen LogP contribution in [-0.4, -0.2) is 5.78 Å². The summed E-state index contributed by atoms with van der Waals surface area (Å²) < 4.78 is 1.05. The van der Waals surface area contributed by atoms with Crippen molar-refractivity contribution in [3.63, 3.8) is 0 Å². The van der Waals surface area contributed by atoms with Crippen LogP contribution in [0, 0.1) is 0 Å². The lowest BCUT2D eigenvalue weighted by molar-refractivity contribution is 0.0983. The van der Waals surface area contributed by atoms with E-state index < -0.39 is 0 Å². The van der Waals surface area contributed by atoms with Crippen LogP contribution in [0.15, 0.2) is 71.2 Å². The van der Waals surface area contributed by atoms with Gasteiger partial charge >= 0.3 is 0 Å². The molecule has 0 radical (unpaired) electrons. The Morgan fingerprint density at radius 1 is 0.857 bits per heavy atom. The first-order chi connectivity index (χ1) is 10.2. The molecule has 0 bridgehead atoms. The first-order valence-electron chi connectivity index (χ1n) is 6.99. The van der Waals surface area contributed by atoms with Gasteiger partial charge in [0.05, 0.1) is 0 Å². The number of aryl methyl sites for hydroxylation is 1. The Kier molecular flexibility index (Phi) is 4.16. The highest BCUT2D eigenvalue weighted by atomic mass is 79.9. The zero-order chi connectivity index (χ0) is 14.7. The van der Waals surface area contributed by atoms with Gasteiger partial charge in [0.1, 0.15) is 0 Å². The molecule has 0 aliphatic carbocycles. The molecular formula is C19H15BrO. The highest BCUT2D eigenvalue weighted by Crippen LogP contribution is 2.21. The number of hydrogen-bond acceptors (Lipinski definition) is 1. The predicted molar refractivity (Wildman–Crippen MR) is 90.7 cm³/mol. The molecule has 1 nitrogen and oxygen atoms in total. The van der Waals surface area contributed by atoms with Crippen molar-refractivity contribution in [2.75, 3.05) is 0 Å². The number of rotatable bonds is 4. The molecule has 0 aliphatic heterocycles. The van der Waals surface area contributed by atoms with Gasteiger partial charge in [0.25, 0.3) is 0 Å². The molecule has 0 saturated carbocycles. The van der Waals surface area contributed by atoms with E-state index in [1.807, 2.05) is 48.5 Å². The number of fused-ring (bicyclic) bond motifs is 1. The molecule has 0 saturated heterocycles. The summed E-state index contributed by atoms with van der Waals surface area (Å²) in [4.78, 5) is 12.3. The molecule has 21 heavy (non-hydrogen) atoms. The molecule has 0 atom stereocenters. The third kappa shape index (κ3) is 3.40. The van der Waals surface area contributed by atoms with E-state index in [1.165, 1.54) is 5.56 Å². The lowest BCUT2D eigenvalue weighted by Crippen LogP contribution is -2.01. The van der Waals surface area contributed by atoms with E-state index in [9.17, 15) is 4.79 Å². The summed E-state index contributed by atoms with van der Waals surface area (Å²) in [5, 5.41) is 2.24. The maximum Gasteiger partial charge on any atom is 0.163 e. The zero-order valence-corrected chi connectivity index (χ0v) is 13.1. The second-order valence-electron chi connectivity index (χ2n) is 5.12. The largest absolute Gasteiger partial charge is 0.294 e. The van der Waals surface area contributed by atoms with Crippen LogP contribution < -0.4 is 0 Å². The molecule has 0 N–H and O–H groups in total. The molecule has 0 spiro atoms. The van der Waals surface area contributed by atoms with Gasteiger partial charge in [0.15, 0.2) is 5.78 Å². The van der Waals surface area contributed by atoms with Crippen molar-refractivity contribution in [1.82, 2.24) is 0 Å². The van der Waals surface area contributed by atoms with Crippen molar-refractivity contribution in [3.05, 3.63) is 82.3 Å². The molecule has 3 aromatic carbocycles. The molecule has 3 rings (SSSR count). The molecule has 0 fully saturated rings. The van der Waals surface area contributed by atoms with Gasteiger partial charge in [-0.2, -0.15) is 0 Å². The summed E-state index contributed by atoms with van der Waals surface area (Å²) in [7, 11) is 0. The average Bonchev–Trinajstić information content (AvgIpc) is 2.53. The number of hydrogen-bond donors (Lipinski definition) is 0. The van der Waals surface area contributed by atoms with E-state index in [4.69, 9.17) is 0 Å². The minimum Gasteiger partial charge on any atom is -0.294 e. The summed E-state index contributed by atoms with van der Waals surface area (Å²) in [5.74, 6) is 0.198. The van der Waals surface area contributed by atoms with E-state index in [1.54, 1.807) is 0 Å². The van der Waals surface area contributed by atoms with Gasteiger partial charge in [-0.25, -0.2) is 0 Å². The zero-order valence-electron chi connectivity index (χ0n) is 11.6. The first-order valence-corrected chi connectivity index (χ1v) is 7.78. The van der Waals surface area contributed by atoms with Gasteiger partial charge in [0.2, 0.25) is 0 Å². The van der Waals surface area contributed by atoms with Crippen molar-refractivity contribution in [1.29, 1.82) is 0 Å². The number of carbonyl (C=O) groups excluding carboxylic acids is 1. The van der Waals surface area contributed by atoms with Crippen LogP contribution in [-0.2, 0) is 6.42 Å². The van der Waals surface area contributed by atoms with Crippen molar-refractivity contribution < 1.29 is 4.79 Å². The highest BCUT2D eigenvalue weighted by Gasteiger charge is 2.07. The lowest BCUT2D eigenvalue weighted by atomic mass is 10.00. The second kappa shape index (κ2) is 6.23. The molecule has 0 heterocycles. The van der Waals surface area contributed by atoms with E-state index >= 15 is 0 Å². The normalized spacial score (nSPS) is 10.7. The standard InChI is InChI=1S/C19H15BrO/c20-18-10-9-15-12-17(8-7-16(15)13-18)19(21)11-6-14-4-2-1-3-5-14/h1-5,7-10,12-13H,6,11H2. The third-order valence-corrected chi connectivity index (χ3v) is 4.10. The Labute approximate surface area is 132 Å². The smallest absolute Gasteiger partial charge is 0.163 e. The van der Waals surface area contributed by atoms with Gasteiger partial charge in [-0.3, -0.25) is 4.79 Å². The second-order valence-corrected chi connectivity index (χ2v) is 6.03. The minimum atomic E-state index is 0.198. The Balaban J connectivity index is 1.77. The fourth-order valence-corrected chi connectivity index (χ4v) is 2.82. The van der Waals surface area contributed by atoms with Gasteiger partial charge in [-0.15, -0.1) is 0 Å². The summed E-state index contributed by atoms with van der Waals surface area (Å²) >= 11 is 3.46. The van der Waals surface area contributed by atoms with Gasteiger partial charge < -0.3 is 0 Å². The van der Waals surface area contributed by atoms with Crippen LogP contribution in [0.3, 0.4) is 0 Å². The average molecular weight is 339 g/mol. The van der Waals surface area contributed by atoms with Crippen LogP contribution >= 0.6 is 15.9 Å². The van der Waals surface area contributed by atoms with Crippen molar-refractivity contribution in [2.45, 2.75) is 12.8 Å². The van der Waals surface area contributed by atoms with Crippen LogP contribution in [0.5, 0.6) is 0 Å². The summed E-state index contributed by atoms with van der Waals surface area (Å²) in [6.07, 6.45) is 1.34. The number of ketones is 1. The molecule has 0 unspecified atom stereocenters. The maximum atomic E-state index is 12.3. The van der Waals surface area contributed by atoms with Crippen LogP contribution in [0.1, 0.15) is 22.3 Å². The van der Waals surface area contributed by atoms with Crippen LogP contribution in [0.4, 0.5) is 0 Å².